The third-order valence-corrected chi connectivity index (χ3v) is 13.9. The molecule has 14 rings (SSSR count). The minimum atomic E-state index is 0.799. The van der Waals surface area contributed by atoms with E-state index >= 15 is 0 Å². The Morgan fingerprint density at radius 2 is 1.05 bits per heavy atom. The number of para-hydroxylation sites is 5. The van der Waals surface area contributed by atoms with Gasteiger partial charge in [-0.05, 0) is 89.0 Å². The quantitative estimate of drug-likeness (QED) is 0.170. The molecule has 0 amide bonds. The van der Waals surface area contributed by atoms with Gasteiger partial charge < -0.3 is 8.97 Å². The van der Waals surface area contributed by atoms with Crippen molar-refractivity contribution >= 4 is 109 Å². The van der Waals surface area contributed by atoms with Gasteiger partial charge in [-0.3, -0.25) is 4.57 Å². The van der Waals surface area contributed by atoms with E-state index in [-0.39, 0.29) is 0 Å². The third kappa shape index (κ3) is 4.43. The van der Waals surface area contributed by atoms with Crippen molar-refractivity contribution in [1.29, 1.82) is 0 Å². The lowest BCUT2D eigenvalue weighted by Gasteiger charge is -2.17. The predicted octanol–water partition coefficient (Wildman–Crippen LogP) is 13.8. The molecule has 0 radical (unpaired) electrons. The van der Waals surface area contributed by atoms with Crippen LogP contribution < -0.4 is 10.6 Å². The van der Waals surface area contributed by atoms with Crippen molar-refractivity contribution in [3.8, 4) is 5.69 Å². The maximum Gasteiger partial charge on any atom is 0.142 e. The van der Waals surface area contributed by atoms with Crippen LogP contribution in [0, 0.1) is 0 Å². The molecule has 0 fully saturated rings. The molecule has 0 aliphatic carbocycles. The smallest absolute Gasteiger partial charge is 0.142 e. The van der Waals surface area contributed by atoms with Crippen LogP contribution in [0.1, 0.15) is 25.3 Å². The molecule has 62 heavy (non-hydrogen) atoms. The fourth-order valence-corrected chi connectivity index (χ4v) is 11.2. The fraction of sp³-hybridized carbons (Fsp3) is 0.0517. The van der Waals surface area contributed by atoms with E-state index < -0.39 is 0 Å². The lowest BCUT2D eigenvalue weighted by atomic mass is 9.95. The van der Waals surface area contributed by atoms with E-state index in [1.165, 1.54) is 109 Å². The zero-order chi connectivity index (χ0) is 40.6. The van der Waals surface area contributed by atoms with Gasteiger partial charge in [0.25, 0.3) is 0 Å². The van der Waals surface area contributed by atoms with Gasteiger partial charge in [-0.1, -0.05) is 146 Å². The Bertz CT molecular complexity index is 4210. The van der Waals surface area contributed by atoms with Gasteiger partial charge in [0.15, 0.2) is 0 Å². The predicted molar refractivity (Wildman–Crippen MR) is 261 cm³/mol. The van der Waals surface area contributed by atoms with E-state index in [1.807, 2.05) is 0 Å². The molecule has 0 saturated carbocycles. The Hall–Kier alpha value is -7.95. The number of rotatable bonds is 4. The highest BCUT2D eigenvalue weighted by molar-refractivity contribution is 6.35. The standard InChI is InChI=1S/C58H38N4/c1-2-35-33-45(58(59-47-22-10-5-16-39(35)47)62-51-26-14-7-19-42(51)54-40-17-4-3-15-36(40)29-32-52(54)62)37-27-30-38(31-28-37)60-49-24-12-8-20-43(49)55-53(60)34-46-41-18-6-11-23-48(41)61-50-25-13-9-21-44(50)56(55)57(46)61/h3-32,34H,2,33H2,1H3. The summed E-state index contributed by atoms with van der Waals surface area (Å²) in [6.45, 7) is 2.28. The molecule has 1 aliphatic heterocycles. The number of allylic oxidation sites excluding steroid dienone is 1. The van der Waals surface area contributed by atoms with Crippen molar-refractivity contribution < 1.29 is 0 Å². The summed E-state index contributed by atoms with van der Waals surface area (Å²) >= 11 is 0. The average Bonchev–Trinajstić information content (AvgIpc) is 4.03. The normalized spacial score (nSPS) is 13.6. The van der Waals surface area contributed by atoms with Crippen LogP contribution in [0.2, 0.25) is 0 Å². The highest BCUT2D eigenvalue weighted by atomic mass is 15.1. The molecule has 4 aromatic heterocycles. The highest BCUT2D eigenvalue weighted by Crippen LogP contribution is 2.47. The Morgan fingerprint density at radius 1 is 0.452 bits per heavy atom. The second-order valence-corrected chi connectivity index (χ2v) is 16.9. The van der Waals surface area contributed by atoms with Gasteiger partial charge in [-0.25, -0.2) is 4.99 Å². The van der Waals surface area contributed by atoms with Crippen molar-refractivity contribution in [3.63, 3.8) is 0 Å². The van der Waals surface area contributed by atoms with E-state index in [9.17, 15) is 0 Å². The maximum atomic E-state index is 5.68. The van der Waals surface area contributed by atoms with E-state index in [4.69, 9.17) is 4.99 Å². The van der Waals surface area contributed by atoms with Crippen molar-refractivity contribution in [2.75, 3.05) is 0 Å². The topological polar surface area (TPSA) is 26.6 Å². The Balaban J connectivity index is 1.05. The number of hydrogen-bond acceptors (Lipinski definition) is 1. The molecule has 13 aromatic rings. The fourth-order valence-electron chi connectivity index (χ4n) is 11.2. The molecular formula is C58H38N4. The third-order valence-electron chi connectivity index (χ3n) is 13.9. The minimum absolute atomic E-state index is 0.799. The monoisotopic (exact) mass is 790 g/mol. The van der Waals surface area contributed by atoms with E-state index in [0.717, 1.165) is 35.2 Å². The van der Waals surface area contributed by atoms with Crippen molar-refractivity contribution in [2.45, 2.75) is 19.8 Å². The molecule has 4 heteroatoms. The first kappa shape index (κ1) is 33.8. The summed E-state index contributed by atoms with van der Waals surface area (Å²) in [4.78, 5) is 5.68. The molecule has 0 bridgehead atoms. The minimum Gasteiger partial charge on any atom is -0.309 e. The number of benzene rings is 9. The van der Waals surface area contributed by atoms with Gasteiger partial charge >= 0.3 is 0 Å². The summed E-state index contributed by atoms with van der Waals surface area (Å²) in [6, 6.07) is 69.4. The Labute approximate surface area is 356 Å². The van der Waals surface area contributed by atoms with Crippen molar-refractivity contribution in [1.82, 2.24) is 13.5 Å². The van der Waals surface area contributed by atoms with Gasteiger partial charge in [0, 0.05) is 54.4 Å². The van der Waals surface area contributed by atoms with Crippen LogP contribution in [-0.4, -0.2) is 13.5 Å². The van der Waals surface area contributed by atoms with Gasteiger partial charge in [-0.2, -0.15) is 0 Å². The number of fused-ring (bicyclic) bond motifs is 16. The van der Waals surface area contributed by atoms with E-state index in [0.29, 0.717) is 0 Å². The van der Waals surface area contributed by atoms with Crippen molar-refractivity contribution in [2.24, 2.45) is 4.99 Å². The summed E-state index contributed by atoms with van der Waals surface area (Å²) in [5.41, 5.74) is 13.5. The van der Waals surface area contributed by atoms with Gasteiger partial charge in [0.1, 0.15) is 5.82 Å². The molecule has 9 aromatic carbocycles. The molecule has 290 valence electrons. The van der Waals surface area contributed by atoms with E-state index in [2.05, 4.69) is 209 Å². The SMILES string of the molecule is CCC1=c2ccccc2=NC(n2c3ccccc3c3c4ccccc4ccc32)=C(c2ccc(-n3c4ccccc4c4c5c6ccccc6n6c7ccccc7c(cc43)c56)cc2)C1. The van der Waals surface area contributed by atoms with Gasteiger partial charge in [-0.15, -0.1) is 0 Å². The number of hydrogen-bond donors (Lipinski definition) is 0. The van der Waals surface area contributed by atoms with E-state index in [1.54, 1.807) is 0 Å². The molecular weight excluding hydrogens is 753 g/mol. The molecule has 0 N–H and O–H groups in total. The molecule has 0 saturated heterocycles. The maximum absolute atomic E-state index is 5.68. The number of nitrogens with zero attached hydrogens (tertiary/aromatic N) is 4. The second-order valence-electron chi connectivity index (χ2n) is 16.9. The molecule has 0 spiro atoms. The molecule has 0 unspecified atom stereocenters. The molecule has 0 atom stereocenters. The van der Waals surface area contributed by atoms with Gasteiger partial charge in [0.2, 0.25) is 0 Å². The lowest BCUT2D eigenvalue weighted by molar-refractivity contribution is 1.13. The molecule has 1 aliphatic rings. The largest absolute Gasteiger partial charge is 0.309 e. The first-order chi connectivity index (χ1) is 30.7. The van der Waals surface area contributed by atoms with Crippen molar-refractivity contribution in [3.05, 3.63) is 204 Å². The lowest BCUT2D eigenvalue weighted by Crippen LogP contribution is -2.26. The number of aromatic nitrogens is 3. The summed E-state index contributed by atoms with van der Waals surface area (Å²) in [6.07, 6.45) is 1.74. The van der Waals surface area contributed by atoms with Crippen LogP contribution in [0.25, 0.3) is 115 Å². The average molecular weight is 791 g/mol. The van der Waals surface area contributed by atoms with Crippen LogP contribution in [-0.2, 0) is 0 Å². The summed E-state index contributed by atoms with van der Waals surface area (Å²) in [5, 5.41) is 15.0. The van der Waals surface area contributed by atoms with Crippen LogP contribution in [0.5, 0.6) is 0 Å². The molecule has 5 heterocycles. The Kier molecular flexibility index (Phi) is 6.84. The second kappa shape index (κ2) is 12.5. The molecule has 4 nitrogen and oxygen atoms in total. The highest BCUT2D eigenvalue weighted by Gasteiger charge is 2.25. The first-order valence-electron chi connectivity index (χ1n) is 21.8. The summed E-state index contributed by atoms with van der Waals surface area (Å²) < 4.78 is 7.41. The van der Waals surface area contributed by atoms with Crippen LogP contribution in [0.15, 0.2) is 193 Å². The van der Waals surface area contributed by atoms with Crippen LogP contribution >= 0.6 is 0 Å². The van der Waals surface area contributed by atoms with Crippen LogP contribution in [0.4, 0.5) is 0 Å². The van der Waals surface area contributed by atoms with Crippen LogP contribution in [0.3, 0.4) is 0 Å². The summed E-state index contributed by atoms with van der Waals surface area (Å²) in [5.74, 6) is 0.979. The van der Waals surface area contributed by atoms with Gasteiger partial charge in [0.05, 0.1) is 44.0 Å². The summed E-state index contributed by atoms with van der Waals surface area (Å²) in [7, 11) is 0. The Morgan fingerprint density at radius 3 is 1.81 bits per heavy atom. The zero-order valence-electron chi connectivity index (χ0n) is 34.1. The zero-order valence-corrected chi connectivity index (χ0v) is 34.1. The first-order valence-corrected chi connectivity index (χ1v) is 21.8.